The Bertz CT molecular complexity index is 515. The molecular weight excluding hydrogens is 274 g/mol. The monoisotopic (exact) mass is 297 g/mol. The van der Waals surface area contributed by atoms with Gasteiger partial charge in [-0.25, -0.2) is 4.68 Å². The zero-order valence-corrected chi connectivity index (χ0v) is 13.3. The predicted molar refractivity (Wildman–Crippen MR) is 83.8 cm³/mol. The van der Waals surface area contributed by atoms with Gasteiger partial charge in [0.25, 0.3) is 5.56 Å². The molecule has 0 N–H and O–H groups in total. The molecule has 1 aliphatic rings. The summed E-state index contributed by atoms with van der Waals surface area (Å²) in [5.41, 5.74) is 0.781. The smallest absolute Gasteiger partial charge is 0.268 e. The van der Waals surface area contributed by atoms with Crippen molar-refractivity contribution in [3.05, 3.63) is 22.6 Å². The van der Waals surface area contributed by atoms with Gasteiger partial charge in [0.05, 0.1) is 24.5 Å². The topological polar surface area (TPSA) is 47.4 Å². The molecule has 1 aromatic rings. The summed E-state index contributed by atoms with van der Waals surface area (Å²) in [5, 5.41) is 4.29. The first kappa shape index (κ1) is 15.4. The van der Waals surface area contributed by atoms with Crippen molar-refractivity contribution in [2.45, 2.75) is 32.9 Å². The number of nitrogens with zero attached hydrogens (tertiary/aromatic N) is 3. The first-order valence-corrected chi connectivity index (χ1v) is 7.54. The summed E-state index contributed by atoms with van der Waals surface area (Å²) in [6, 6.07) is 1.67. The van der Waals surface area contributed by atoms with Crippen LogP contribution in [0.3, 0.4) is 0 Å². The van der Waals surface area contributed by atoms with Crippen molar-refractivity contribution in [3.8, 4) is 0 Å². The summed E-state index contributed by atoms with van der Waals surface area (Å²) < 4.78 is 6.86. The number of anilines is 1. The second-order valence-electron chi connectivity index (χ2n) is 6.12. The van der Waals surface area contributed by atoms with E-state index < -0.39 is 0 Å². The summed E-state index contributed by atoms with van der Waals surface area (Å²) in [4.78, 5) is 14.3. The minimum atomic E-state index is -0.0572. The number of hydrogen-bond donors (Lipinski definition) is 1. The maximum absolute atomic E-state index is 12.2. The van der Waals surface area contributed by atoms with Crippen molar-refractivity contribution in [2.75, 3.05) is 30.9 Å². The molecule has 1 aliphatic heterocycles. The van der Waals surface area contributed by atoms with Crippen molar-refractivity contribution >= 4 is 18.3 Å². The van der Waals surface area contributed by atoms with E-state index in [0.717, 1.165) is 25.2 Å². The molecule has 20 heavy (non-hydrogen) atoms. The first-order chi connectivity index (χ1) is 9.45. The van der Waals surface area contributed by atoms with E-state index in [4.69, 9.17) is 4.74 Å². The molecule has 5 nitrogen and oxygen atoms in total. The lowest BCUT2D eigenvalue weighted by Gasteiger charge is -2.23. The van der Waals surface area contributed by atoms with Gasteiger partial charge in [-0.2, -0.15) is 17.7 Å². The van der Waals surface area contributed by atoms with Gasteiger partial charge in [0.1, 0.15) is 0 Å². The van der Waals surface area contributed by atoms with Crippen molar-refractivity contribution in [1.82, 2.24) is 9.78 Å². The number of methoxy groups -OCH3 is 1. The van der Waals surface area contributed by atoms with Crippen LogP contribution in [-0.2, 0) is 11.3 Å². The molecule has 0 amide bonds. The maximum atomic E-state index is 12.2. The Morgan fingerprint density at radius 3 is 2.85 bits per heavy atom. The Morgan fingerprint density at radius 2 is 2.30 bits per heavy atom. The normalized spacial score (nSPS) is 19.6. The van der Waals surface area contributed by atoms with E-state index in [1.54, 1.807) is 19.4 Å². The van der Waals surface area contributed by atoms with Gasteiger partial charge in [-0.1, -0.05) is 13.8 Å². The molecule has 0 aliphatic carbocycles. The molecule has 1 saturated heterocycles. The number of aromatic nitrogens is 2. The van der Waals surface area contributed by atoms with Crippen LogP contribution in [-0.4, -0.2) is 41.8 Å². The average Bonchev–Trinajstić information content (AvgIpc) is 2.90. The SMILES string of the molecule is COC1CCN(c2cnn(CC(C)(C)CS)c(=O)c2)C1. The van der Waals surface area contributed by atoms with Crippen LogP contribution < -0.4 is 10.5 Å². The molecular formula is C14H23N3O2S. The molecule has 2 heterocycles. The highest BCUT2D eigenvalue weighted by atomic mass is 32.1. The minimum Gasteiger partial charge on any atom is -0.380 e. The van der Waals surface area contributed by atoms with Crippen LogP contribution in [0.4, 0.5) is 5.69 Å². The van der Waals surface area contributed by atoms with Gasteiger partial charge in [-0.3, -0.25) is 4.79 Å². The highest BCUT2D eigenvalue weighted by Gasteiger charge is 2.23. The molecule has 0 spiro atoms. The van der Waals surface area contributed by atoms with Gasteiger partial charge in [0.2, 0.25) is 0 Å². The van der Waals surface area contributed by atoms with Crippen LogP contribution in [0.1, 0.15) is 20.3 Å². The van der Waals surface area contributed by atoms with E-state index in [-0.39, 0.29) is 17.1 Å². The lowest BCUT2D eigenvalue weighted by atomic mass is 9.97. The largest absolute Gasteiger partial charge is 0.380 e. The van der Waals surface area contributed by atoms with Crippen LogP contribution in [0, 0.1) is 5.41 Å². The molecule has 0 aromatic carbocycles. The second-order valence-corrected chi connectivity index (χ2v) is 6.44. The number of rotatable bonds is 5. The third-order valence-corrected chi connectivity index (χ3v) is 4.56. The third-order valence-electron chi connectivity index (χ3n) is 3.70. The first-order valence-electron chi connectivity index (χ1n) is 6.91. The molecule has 0 saturated carbocycles. The Labute approximate surface area is 125 Å². The van der Waals surface area contributed by atoms with Crippen LogP contribution >= 0.6 is 12.6 Å². The lowest BCUT2D eigenvalue weighted by molar-refractivity contribution is 0.121. The summed E-state index contributed by atoms with van der Waals surface area (Å²) in [5.74, 6) is 0.713. The number of thiol groups is 1. The zero-order chi connectivity index (χ0) is 14.8. The van der Waals surface area contributed by atoms with Crippen LogP contribution in [0.5, 0.6) is 0 Å². The van der Waals surface area contributed by atoms with Gasteiger partial charge in [0, 0.05) is 26.3 Å². The number of hydrogen-bond acceptors (Lipinski definition) is 5. The van der Waals surface area contributed by atoms with Gasteiger partial charge in [0.15, 0.2) is 0 Å². The fourth-order valence-electron chi connectivity index (χ4n) is 2.33. The third kappa shape index (κ3) is 3.55. The molecule has 2 rings (SSSR count). The summed E-state index contributed by atoms with van der Waals surface area (Å²) >= 11 is 4.31. The highest BCUT2D eigenvalue weighted by molar-refractivity contribution is 7.80. The molecule has 6 heteroatoms. The molecule has 1 aromatic heterocycles. The van der Waals surface area contributed by atoms with E-state index in [9.17, 15) is 4.79 Å². The second kappa shape index (κ2) is 6.18. The van der Waals surface area contributed by atoms with Crippen LogP contribution in [0.15, 0.2) is 17.1 Å². The minimum absolute atomic E-state index is 0.0454. The quantitative estimate of drug-likeness (QED) is 0.835. The summed E-state index contributed by atoms with van der Waals surface area (Å²) in [6.45, 7) is 6.46. The molecule has 0 radical (unpaired) electrons. The van der Waals surface area contributed by atoms with Gasteiger partial charge in [-0.05, 0) is 17.6 Å². The van der Waals surface area contributed by atoms with Crippen molar-refractivity contribution < 1.29 is 4.74 Å². The Kier molecular flexibility index (Phi) is 4.75. The van der Waals surface area contributed by atoms with Crippen LogP contribution in [0.25, 0.3) is 0 Å². The zero-order valence-electron chi connectivity index (χ0n) is 12.4. The van der Waals surface area contributed by atoms with Crippen molar-refractivity contribution in [2.24, 2.45) is 5.41 Å². The van der Waals surface area contributed by atoms with Crippen LogP contribution in [0.2, 0.25) is 0 Å². The maximum Gasteiger partial charge on any atom is 0.268 e. The van der Waals surface area contributed by atoms with Crippen molar-refractivity contribution in [1.29, 1.82) is 0 Å². The fraction of sp³-hybridized carbons (Fsp3) is 0.714. The highest BCUT2D eigenvalue weighted by Crippen LogP contribution is 2.21. The van der Waals surface area contributed by atoms with Crippen molar-refractivity contribution in [3.63, 3.8) is 0 Å². The van der Waals surface area contributed by atoms with E-state index >= 15 is 0 Å². The lowest BCUT2D eigenvalue weighted by Crippen LogP contribution is -2.32. The van der Waals surface area contributed by atoms with Gasteiger partial charge >= 0.3 is 0 Å². The van der Waals surface area contributed by atoms with E-state index in [0.29, 0.717) is 12.3 Å². The standard InChI is InChI=1S/C14H23N3O2S/c1-14(2,10-20)9-17-13(18)6-11(7-15-17)16-5-4-12(8-16)19-3/h6-7,12,20H,4-5,8-10H2,1-3H3. The molecule has 112 valence electrons. The fourth-order valence-corrected chi connectivity index (χ4v) is 2.43. The van der Waals surface area contributed by atoms with E-state index in [1.165, 1.54) is 4.68 Å². The summed E-state index contributed by atoms with van der Waals surface area (Å²) in [7, 11) is 1.73. The van der Waals surface area contributed by atoms with Gasteiger partial charge in [-0.15, -0.1) is 0 Å². The molecule has 1 fully saturated rings. The Balaban J connectivity index is 2.12. The Hall–Kier alpha value is -1.01. The van der Waals surface area contributed by atoms with E-state index in [1.807, 2.05) is 0 Å². The average molecular weight is 297 g/mol. The molecule has 1 atom stereocenters. The Morgan fingerprint density at radius 1 is 1.55 bits per heavy atom. The molecule has 0 bridgehead atoms. The summed E-state index contributed by atoms with van der Waals surface area (Å²) in [6.07, 6.45) is 3.01. The number of ether oxygens (including phenoxy) is 1. The van der Waals surface area contributed by atoms with Gasteiger partial charge < -0.3 is 9.64 Å². The van der Waals surface area contributed by atoms with E-state index in [2.05, 4.69) is 36.5 Å². The predicted octanol–water partition coefficient (Wildman–Crippen LogP) is 1.42. The molecule has 1 unspecified atom stereocenters.